The molecule has 1 atom stereocenters. The Morgan fingerprint density at radius 2 is 2.14 bits per heavy atom. The third-order valence-corrected chi connectivity index (χ3v) is 6.32. The summed E-state index contributed by atoms with van der Waals surface area (Å²) < 4.78 is 27.0. The molecule has 6 nitrogen and oxygen atoms in total. The van der Waals surface area contributed by atoms with E-state index in [2.05, 4.69) is 11.4 Å². The van der Waals surface area contributed by atoms with Crippen LogP contribution in [0, 0.1) is 5.92 Å². The van der Waals surface area contributed by atoms with Crippen molar-refractivity contribution in [2.45, 2.75) is 38.5 Å². The van der Waals surface area contributed by atoms with Crippen LogP contribution in [0.4, 0.5) is 0 Å². The molecule has 22 heavy (non-hydrogen) atoms. The minimum atomic E-state index is -3.43. The van der Waals surface area contributed by atoms with E-state index in [9.17, 15) is 13.2 Å². The fourth-order valence-electron chi connectivity index (χ4n) is 3.01. The molecule has 2 rings (SSSR count). The lowest BCUT2D eigenvalue weighted by molar-refractivity contribution is -0.125. The normalized spacial score (nSPS) is 24.1. The molecule has 0 spiro atoms. The van der Waals surface area contributed by atoms with Gasteiger partial charge in [-0.1, -0.05) is 11.6 Å². The minimum absolute atomic E-state index is 0.0230. The predicted molar refractivity (Wildman–Crippen MR) is 86.5 cm³/mol. The van der Waals surface area contributed by atoms with Crippen LogP contribution < -0.4 is 5.32 Å². The second-order valence-corrected chi connectivity index (χ2v) is 8.46. The average Bonchev–Trinajstić information content (AvgIpc) is 2.53. The van der Waals surface area contributed by atoms with Gasteiger partial charge in [0.05, 0.1) is 5.92 Å². The van der Waals surface area contributed by atoms with Crippen LogP contribution >= 0.6 is 0 Å². The maximum atomic E-state index is 12.3. The molecule has 1 fully saturated rings. The summed E-state index contributed by atoms with van der Waals surface area (Å²) in [6.45, 7) is 1.39. The van der Waals surface area contributed by atoms with Crippen molar-refractivity contribution >= 4 is 16.1 Å². The number of carbonyl (C=O) groups is 1. The van der Waals surface area contributed by atoms with E-state index in [0.29, 0.717) is 13.1 Å². The summed E-state index contributed by atoms with van der Waals surface area (Å²) in [6, 6.07) is 0. The summed E-state index contributed by atoms with van der Waals surface area (Å²) in [5.41, 5.74) is 1.30. The van der Waals surface area contributed by atoms with Crippen LogP contribution in [0.25, 0.3) is 0 Å². The Morgan fingerprint density at radius 3 is 2.77 bits per heavy atom. The molecule has 0 bridgehead atoms. The first-order chi connectivity index (χ1) is 10.4. The Kier molecular flexibility index (Phi) is 6.00. The van der Waals surface area contributed by atoms with E-state index in [1.165, 1.54) is 41.1 Å². The van der Waals surface area contributed by atoms with Gasteiger partial charge >= 0.3 is 0 Å². The molecule has 7 heteroatoms. The quantitative estimate of drug-likeness (QED) is 0.769. The van der Waals surface area contributed by atoms with Crippen LogP contribution in [0.1, 0.15) is 38.5 Å². The summed E-state index contributed by atoms with van der Waals surface area (Å²) >= 11 is 0. The van der Waals surface area contributed by atoms with Gasteiger partial charge in [-0.25, -0.2) is 0 Å². The maximum Gasteiger partial charge on any atom is 0.281 e. The summed E-state index contributed by atoms with van der Waals surface area (Å²) in [7, 11) is -0.382. The Labute approximate surface area is 133 Å². The van der Waals surface area contributed by atoms with Crippen LogP contribution in [-0.4, -0.2) is 56.7 Å². The van der Waals surface area contributed by atoms with Gasteiger partial charge in [-0.15, -0.1) is 0 Å². The second-order valence-electron chi connectivity index (χ2n) is 6.31. The van der Waals surface area contributed by atoms with Crippen molar-refractivity contribution in [1.29, 1.82) is 0 Å². The largest absolute Gasteiger partial charge is 0.352 e. The van der Waals surface area contributed by atoms with Crippen molar-refractivity contribution < 1.29 is 13.2 Å². The first-order valence-corrected chi connectivity index (χ1v) is 9.44. The summed E-state index contributed by atoms with van der Waals surface area (Å²) in [5.74, 6) is -0.266. The van der Waals surface area contributed by atoms with Crippen molar-refractivity contribution in [3.8, 4) is 0 Å². The highest BCUT2D eigenvalue weighted by Gasteiger charge is 2.33. The smallest absolute Gasteiger partial charge is 0.281 e. The lowest BCUT2D eigenvalue weighted by atomic mass is 9.97. The van der Waals surface area contributed by atoms with E-state index >= 15 is 0 Å². The molecule has 1 heterocycles. The molecule has 1 aliphatic carbocycles. The van der Waals surface area contributed by atoms with Crippen molar-refractivity contribution in [3.05, 3.63) is 11.6 Å². The van der Waals surface area contributed by atoms with Gasteiger partial charge in [0.1, 0.15) is 0 Å². The van der Waals surface area contributed by atoms with Crippen LogP contribution in [0.2, 0.25) is 0 Å². The van der Waals surface area contributed by atoms with Crippen LogP contribution in [0.3, 0.4) is 0 Å². The minimum Gasteiger partial charge on any atom is -0.352 e. The number of amides is 1. The molecule has 126 valence electrons. The number of hydrogen-bond donors (Lipinski definition) is 1. The Morgan fingerprint density at radius 1 is 1.36 bits per heavy atom. The van der Waals surface area contributed by atoms with Crippen molar-refractivity contribution in [2.24, 2.45) is 5.92 Å². The first kappa shape index (κ1) is 17.4. The highest BCUT2D eigenvalue weighted by molar-refractivity contribution is 7.86. The molecule has 1 amide bonds. The second kappa shape index (κ2) is 7.57. The molecule has 0 aromatic heterocycles. The van der Waals surface area contributed by atoms with Gasteiger partial charge in [-0.05, 0) is 38.5 Å². The van der Waals surface area contributed by atoms with E-state index in [0.717, 1.165) is 25.7 Å². The lowest BCUT2D eigenvalue weighted by Gasteiger charge is -2.32. The number of allylic oxidation sites excluding steroid dienone is 1. The average molecular weight is 329 g/mol. The van der Waals surface area contributed by atoms with Gasteiger partial charge in [0, 0.05) is 33.7 Å². The topological polar surface area (TPSA) is 69.7 Å². The lowest BCUT2D eigenvalue weighted by Crippen LogP contribution is -2.49. The first-order valence-electron chi connectivity index (χ1n) is 8.04. The van der Waals surface area contributed by atoms with E-state index in [1.807, 2.05) is 0 Å². The van der Waals surface area contributed by atoms with E-state index < -0.39 is 10.2 Å². The SMILES string of the molecule is CN(C)S(=O)(=O)N1CCC[C@H](C(=O)NCC2=CCCCC2)C1. The molecule has 0 radical (unpaired) electrons. The Bertz CT molecular complexity index is 528. The zero-order valence-electron chi connectivity index (χ0n) is 13.5. The molecular weight excluding hydrogens is 302 g/mol. The highest BCUT2D eigenvalue weighted by atomic mass is 32.2. The molecule has 1 saturated heterocycles. The summed E-state index contributed by atoms with van der Waals surface area (Å²) in [5, 5.41) is 2.98. The summed E-state index contributed by atoms with van der Waals surface area (Å²) in [4.78, 5) is 12.3. The zero-order valence-corrected chi connectivity index (χ0v) is 14.4. The van der Waals surface area contributed by atoms with Gasteiger partial charge in [-0.2, -0.15) is 17.0 Å². The molecule has 2 aliphatic rings. The maximum absolute atomic E-state index is 12.3. The molecule has 1 aliphatic heterocycles. The van der Waals surface area contributed by atoms with Gasteiger partial charge in [-0.3, -0.25) is 4.79 Å². The number of hydrogen-bond acceptors (Lipinski definition) is 3. The number of rotatable bonds is 5. The third kappa shape index (κ3) is 4.30. The van der Waals surface area contributed by atoms with Crippen LogP contribution in [-0.2, 0) is 15.0 Å². The van der Waals surface area contributed by atoms with Gasteiger partial charge < -0.3 is 5.32 Å². The fourth-order valence-corrected chi connectivity index (χ4v) is 4.20. The molecule has 1 N–H and O–H groups in total. The molecule has 0 unspecified atom stereocenters. The van der Waals surface area contributed by atoms with Crippen LogP contribution in [0.5, 0.6) is 0 Å². The van der Waals surface area contributed by atoms with Gasteiger partial charge in [0.15, 0.2) is 0 Å². The molecular formula is C15H27N3O3S. The third-order valence-electron chi connectivity index (χ3n) is 4.42. The Hall–Kier alpha value is -0.920. The number of carbonyl (C=O) groups excluding carboxylic acids is 1. The van der Waals surface area contributed by atoms with E-state index in [1.54, 1.807) is 0 Å². The summed E-state index contributed by atoms with van der Waals surface area (Å²) in [6.07, 6.45) is 8.29. The molecule has 0 aromatic rings. The zero-order chi connectivity index (χ0) is 16.2. The van der Waals surface area contributed by atoms with E-state index in [4.69, 9.17) is 0 Å². The standard InChI is InChI=1S/C15H27N3O3S/c1-17(2)22(20,21)18-10-6-9-14(12-18)15(19)16-11-13-7-4-3-5-8-13/h7,14H,3-6,8-12H2,1-2H3,(H,16,19)/t14-/m0/s1. The van der Waals surface area contributed by atoms with E-state index in [-0.39, 0.29) is 18.4 Å². The van der Waals surface area contributed by atoms with Crippen LogP contribution in [0.15, 0.2) is 11.6 Å². The van der Waals surface area contributed by atoms with Crippen molar-refractivity contribution in [1.82, 2.24) is 13.9 Å². The monoisotopic (exact) mass is 329 g/mol. The fraction of sp³-hybridized carbons (Fsp3) is 0.800. The Balaban J connectivity index is 1.88. The predicted octanol–water partition coefficient (Wildman–Crippen LogP) is 1.12. The van der Waals surface area contributed by atoms with Crippen molar-refractivity contribution in [2.75, 3.05) is 33.7 Å². The molecule has 0 saturated carbocycles. The van der Waals surface area contributed by atoms with Crippen molar-refractivity contribution in [3.63, 3.8) is 0 Å². The number of nitrogens with zero attached hydrogens (tertiary/aromatic N) is 2. The van der Waals surface area contributed by atoms with Gasteiger partial charge in [0.2, 0.25) is 5.91 Å². The number of nitrogens with one attached hydrogen (secondary N) is 1. The number of piperidine rings is 1. The highest BCUT2D eigenvalue weighted by Crippen LogP contribution is 2.21. The molecule has 0 aromatic carbocycles. The van der Waals surface area contributed by atoms with Gasteiger partial charge in [0.25, 0.3) is 10.2 Å².